The van der Waals surface area contributed by atoms with Gasteiger partial charge in [-0.15, -0.1) is 11.8 Å². The summed E-state index contributed by atoms with van der Waals surface area (Å²) >= 11 is 1.47. The largest absolute Gasteiger partial charge is 0.509 e. The molecule has 0 aromatic rings. The Morgan fingerprint density at radius 1 is 1.29 bits per heavy atom. The molecule has 0 bridgehead atoms. The van der Waals surface area contributed by atoms with E-state index in [4.69, 9.17) is 9.47 Å². The fourth-order valence-electron chi connectivity index (χ4n) is 1.69. The lowest BCUT2D eigenvalue weighted by atomic mass is 9.90. The minimum atomic E-state index is -0.523. The smallest absolute Gasteiger partial charge is 0.434 e. The van der Waals surface area contributed by atoms with Gasteiger partial charge in [-0.05, 0) is 25.0 Å². The lowest BCUT2D eigenvalue weighted by Gasteiger charge is -2.20. The van der Waals surface area contributed by atoms with Crippen LogP contribution in [0.2, 0.25) is 0 Å². The van der Waals surface area contributed by atoms with Crippen LogP contribution in [0.3, 0.4) is 0 Å². The molecule has 0 amide bonds. The van der Waals surface area contributed by atoms with Crippen molar-refractivity contribution in [3.63, 3.8) is 0 Å². The quantitative estimate of drug-likeness (QED) is 0.536. The summed E-state index contributed by atoms with van der Waals surface area (Å²) in [5.74, 6) is 0.939. The van der Waals surface area contributed by atoms with Crippen LogP contribution in [0, 0.1) is 5.92 Å². The molecule has 0 radical (unpaired) electrons. The Balaban J connectivity index is 2.03. The van der Waals surface area contributed by atoms with Crippen molar-refractivity contribution in [3.8, 4) is 0 Å². The van der Waals surface area contributed by atoms with Gasteiger partial charge < -0.3 is 9.47 Å². The summed E-state index contributed by atoms with van der Waals surface area (Å²) in [6, 6.07) is 0. The monoisotopic (exact) mass is 218 g/mol. The van der Waals surface area contributed by atoms with Crippen molar-refractivity contribution in [1.29, 1.82) is 0 Å². The van der Waals surface area contributed by atoms with Crippen LogP contribution in [0.25, 0.3) is 0 Å². The van der Waals surface area contributed by atoms with E-state index in [1.165, 1.54) is 43.9 Å². The van der Waals surface area contributed by atoms with Crippen LogP contribution in [0.5, 0.6) is 0 Å². The molecule has 1 aliphatic rings. The maximum absolute atomic E-state index is 11.0. The molecule has 1 fully saturated rings. The summed E-state index contributed by atoms with van der Waals surface area (Å²) in [6.07, 6.45) is 7.61. The molecule has 0 aromatic carbocycles. The molecule has 82 valence electrons. The average Bonchev–Trinajstić information content (AvgIpc) is 2.25. The standard InChI is InChI=1S/C10H18O3S/c1-14-8-13-10(11)12-7-9-5-3-2-4-6-9/h9H,2-8H2,1H3. The molecule has 0 aliphatic heterocycles. The average molecular weight is 218 g/mol. The molecule has 1 saturated carbocycles. The maximum Gasteiger partial charge on any atom is 0.509 e. The zero-order chi connectivity index (χ0) is 10.2. The summed E-state index contributed by atoms with van der Waals surface area (Å²) in [5.41, 5.74) is 0. The molecule has 0 unspecified atom stereocenters. The molecule has 0 heterocycles. The van der Waals surface area contributed by atoms with E-state index in [9.17, 15) is 4.79 Å². The van der Waals surface area contributed by atoms with Crippen LogP contribution in [-0.2, 0) is 9.47 Å². The Morgan fingerprint density at radius 3 is 2.64 bits per heavy atom. The summed E-state index contributed by atoms with van der Waals surface area (Å²) in [5, 5.41) is 0. The van der Waals surface area contributed by atoms with Gasteiger partial charge in [0.1, 0.15) is 5.94 Å². The Bertz CT molecular complexity index is 167. The summed E-state index contributed by atoms with van der Waals surface area (Å²) in [4.78, 5) is 11.0. The van der Waals surface area contributed by atoms with E-state index in [2.05, 4.69) is 0 Å². The van der Waals surface area contributed by atoms with Gasteiger partial charge in [0, 0.05) is 0 Å². The topological polar surface area (TPSA) is 35.5 Å². The molecular weight excluding hydrogens is 200 g/mol. The van der Waals surface area contributed by atoms with Crippen LogP contribution in [0.15, 0.2) is 0 Å². The number of carbonyl (C=O) groups excluding carboxylic acids is 1. The number of hydrogen-bond acceptors (Lipinski definition) is 4. The predicted octanol–water partition coefficient (Wildman–Crippen LogP) is 3.04. The molecule has 14 heavy (non-hydrogen) atoms. The number of carbonyl (C=O) groups is 1. The van der Waals surface area contributed by atoms with Gasteiger partial charge >= 0.3 is 6.16 Å². The first-order chi connectivity index (χ1) is 6.83. The Hall–Kier alpha value is -0.380. The van der Waals surface area contributed by atoms with Gasteiger partial charge in [-0.25, -0.2) is 4.79 Å². The van der Waals surface area contributed by atoms with Gasteiger partial charge in [0.15, 0.2) is 0 Å². The second-order valence-corrected chi connectivity index (χ2v) is 4.43. The fourth-order valence-corrected chi connectivity index (χ4v) is 1.90. The van der Waals surface area contributed by atoms with E-state index < -0.39 is 6.16 Å². The highest BCUT2D eigenvalue weighted by molar-refractivity contribution is 7.98. The summed E-state index contributed by atoms with van der Waals surface area (Å²) < 4.78 is 9.79. The number of hydrogen-bond donors (Lipinski definition) is 0. The van der Waals surface area contributed by atoms with E-state index >= 15 is 0 Å². The zero-order valence-corrected chi connectivity index (χ0v) is 9.48. The van der Waals surface area contributed by atoms with Crippen molar-refractivity contribution in [2.24, 2.45) is 5.92 Å². The highest BCUT2D eigenvalue weighted by Crippen LogP contribution is 2.23. The van der Waals surface area contributed by atoms with Crippen LogP contribution >= 0.6 is 11.8 Å². The third-order valence-corrected chi connectivity index (χ3v) is 2.81. The summed E-state index contributed by atoms with van der Waals surface area (Å²) in [6.45, 7) is 0.535. The molecule has 4 heteroatoms. The third-order valence-electron chi connectivity index (χ3n) is 2.46. The van der Waals surface area contributed by atoms with Crippen LogP contribution in [-0.4, -0.2) is 25.0 Å². The SMILES string of the molecule is CSCOC(=O)OCC1CCCCC1. The van der Waals surface area contributed by atoms with Gasteiger partial charge in [0.25, 0.3) is 0 Å². The molecule has 0 N–H and O–H groups in total. The normalized spacial score (nSPS) is 17.8. The van der Waals surface area contributed by atoms with Crippen molar-refractivity contribution in [3.05, 3.63) is 0 Å². The van der Waals surface area contributed by atoms with Gasteiger partial charge in [-0.2, -0.15) is 0 Å². The minimum absolute atomic E-state index is 0.378. The van der Waals surface area contributed by atoms with Crippen molar-refractivity contribution in [2.45, 2.75) is 32.1 Å². The maximum atomic E-state index is 11.0. The van der Waals surface area contributed by atoms with E-state index in [0.29, 0.717) is 18.5 Å². The predicted molar refractivity (Wildman–Crippen MR) is 57.4 cm³/mol. The Kier molecular flexibility index (Phi) is 5.83. The lowest BCUT2D eigenvalue weighted by Crippen LogP contribution is -2.17. The molecule has 3 nitrogen and oxygen atoms in total. The van der Waals surface area contributed by atoms with Crippen LogP contribution < -0.4 is 0 Å². The fraction of sp³-hybridized carbons (Fsp3) is 0.900. The highest BCUT2D eigenvalue weighted by atomic mass is 32.2. The highest BCUT2D eigenvalue weighted by Gasteiger charge is 2.15. The van der Waals surface area contributed by atoms with Gasteiger partial charge in [-0.3, -0.25) is 0 Å². The second kappa shape index (κ2) is 6.98. The Morgan fingerprint density at radius 2 is 2.00 bits per heavy atom. The summed E-state index contributed by atoms with van der Waals surface area (Å²) in [7, 11) is 0. The Labute approximate surface area is 89.5 Å². The van der Waals surface area contributed by atoms with E-state index in [1.54, 1.807) is 0 Å². The molecule has 0 spiro atoms. The first-order valence-electron chi connectivity index (χ1n) is 5.11. The minimum Gasteiger partial charge on any atom is -0.434 e. The molecule has 1 aliphatic carbocycles. The first kappa shape index (κ1) is 11.7. The van der Waals surface area contributed by atoms with Crippen LogP contribution in [0.4, 0.5) is 4.79 Å². The second-order valence-electron chi connectivity index (χ2n) is 3.62. The van der Waals surface area contributed by atoms with Gasteiger partial charge in [-0.1, -0.05) is 19.3 Å². The number of ether oxygens (including phenoxy) is 2. The molecule has 0 saturated heterocycles. The van der Waals surface area contributed by atoms with E-state index in [1.807, 2.05) is 6.26 Å². The van der Waals surface area contributed by atoms with Gasteiger partial charge in [0.05, 0.1) is 6.61 Å². The molecular formula is C10H18O3S. The van der Waals surface area contributed by atoms with E-state index in [-0.39, 0.29) is 0 Å². The molecule has 0 aromatic heterocycles. The number of rotatable bonds is 4. The van der Waals surface area contributed by atoms with Crippen molar-refractivity contribution in [2.75, 3.05) is 18.8 Å². The molecule has 0 atom stereocenters. The van der Waals surface area contributed by atoms with Gasteiger partial charge in [0.2, 0.25) is 0 Å². The van der Waals surface area contributed by atoms with Crippen molar-refractivity contribution < 1.29 is 14.3 Å². The third kappa shape index (κ3) is 4.74. The van der Waals surface area contributed by atoms with E-state index in [0.717, 1.165) is 0 Å². The first-order valence-corrected chi connectivity index (χ1v) is 6.51. The van der Waals surface area contributed by atoms with Crippen molar-refractivity contribution in [1.82, 2.24) is 0 Å². The van der Waals surface area contributed by atoms with Crippen LogP contribution in [0.1, 0.15) is 32.1 Å². The molecule has 1 rings (SSSR count). The van der Waals surface area contributed by atoms with Crippen molar-refractivity contribution >= 4 is 17.9 Å². The number of thioether (sulfide) groups is 1. The lowest BCUT2D eigenvalue weighted by molar-refractivity contribution is 0.0511. The zero-order valence-electron chi connectivity index (χ0n) is 8.66.